The predicted octanol–water partition coefficient (Wildman–Crippen LogP) is 0.0888. The lowest BCUT2D eigenvalue weighted by atomic mass is 10.4. The van der Waals surface area contributed by atoms with Crippen LogP contribution in [0.1, 0.15) is 17.4 Å². The number of carboxylic acids is 1. The topological polar surface area (TPSA) is 101 Å². The van der Waals surface area contributed by atoms with E-state index < -0.39 is 5.97 Å². The van der Waals surface area contributed by atoms with Crippen molar-refractivity contribution in [2.75, 3.05) is 12.3 Å². The molecule has 0 fully saturated rings. The van der Waals surface area contributed by atoms with Crippen LogP contribution in [0, 0.1) is 0 Å². The van der Waals surface area contributed by atoms with Crippen molar-refractivity contribution in [3.63, 3.8) is 0 Å². The van der Waals surface area contributed by atoms with Crippen molar-refractivity contribution in [3.05, 3.63) is 5.69 Å². The summed E-state index contributed by atoms with van der Waals surface area (Å²) in [6, 6.07) is 0. The predicted molar refractivity (Wildman–Crippen MR) is 41.1 cm³/mol. The molecule has 0 spiro atoms. The van der Waals surface area contributed by atoms with Crippen molar-refractivity contribution in [1.82, 2.24) is 10.2 Å². The normalized spacial score (nSPS) is 9.75. The number of aromatic amines is 1. The fraction of sp³-hybridized carbons (Fsp3) is 0.333. The van der Waals surface area contributed by atoms with E-state index in [1.165, 1.54) is 0 Å². The quantitative estimate of drug-likeness (QED) is 0.598. The molecular formula is C6H9N3O3. The SMILES string of the molecule is CCOc1c(N)n[nH]c1C(=O)O. The second-order valence-electron chi connectivity index (χ2n) is 2.05. The molecule has 0 bridgehead atoms. The first-order valence-corrected chi connectivity index (χ1v) is 3.36. The third-order valence-electron chi connectivity index (χ3n) is 1.25. The van der Waals surface area contributed by atoms with E-state index in [2.05, 4.69) is 10.2 Å². The monoisotopic (exact) mass is 171 g/mol. The van der Waals surface area contributed by atoms with Gasteiger partial charge in [0.05, 0.1) is 6.61 Å². The zero-order chi connectivity index (χ0) is 9.14. The molecule has 0 saturated heterocycles. The Balaban J connectivity index is 3.03. The van der Waals surface area contributed by atoms with Crippen LogP contribution in [0.2, 0.25) is 0 Å². The number of H-pyrrole nitrogens is 1. The molecule has 4 N–H and O–H groups in total. The van der Waals surface area contributed by atoms with E-state index in [1.54, 1.807) is 6.92 Å². The lowest BCUT2D eigenvalue weighted by molar-refractivity contribution is 0.0686. The minimum Gasteiger partial charge on any atom is -0.488 e. The highest BCUT2D eigenvalue weighted by molar-refractivity contribution is 5.90. The molecule has 12 heavy (non-hydrogen) atoms. The number of carbonyl (C=O) groups is 1. The van der Waals surface area contributed by atoms with E-state index in [1.807, 2.05) is 0 Å². The molecule has 0 amide bonds. The number of nitrogen functional groups attached to an aromatic ring is 1. The molecular weight excluding hydrogens is 162 g/mol. The summed E-state index contributed by atoms with van der Waals surface area (Å²) in [5.74, 6) is -0.970. The lowest BCUT2D eigenvalue weighted by Gasteiger charge is -2.00. The Kier molecular flexibility index (Phi) is 2.18. The standard InChI is InChI=1S/C6H9N3O3/c1-2-12-4-3(6(10)11)8-9-5(4)7/h2H2,1H3,(H,10,11)(H3,7,8,9). The first-order valence-electron chi connectivity index (χ1n) is 3.36. The number of nitrogens with two attached hydrogens (primary N) is 1. The van der Waals surface area contributed by atoms with Gasteiger partial charge in [-0.25, -0.2) is 4.79 Å². The molecule has 0 saturated carbocycles. The van der Waals surface area contributed by atoms with E-state index in [4.69, 9.17) is 15.6 Å². The smallest absolute Gasteiger partial charge is 0.357 e. The van der Waals surface area contributed by atoms with E-state index in [0.29, 0.717) is 6.61 Å². The number of hydrogen-bond donors (Lipinski definition) is 3. The van der Waals surface area contributed by atoms with E-state index >= 15 is 0 Å². The van der Waals surface area contributed by atoms with Crippen molar-refractivity contribution >= 4 is 11.8 Å². The second-order valence-corrected chi connectivity index (χ2v) is 2.05. The lowest BCUT2D eigenvalue weighted by Crippen LogP contribution is -2.02. The number of aromatic carboxylic acids is 1. The van der Waals surface area contributed by atoms with Gasteiger partial charge in [-0.3, -0.25) is 5.10 Å². The summed E-state index contributed by atoms with van der Waals surface area (Å²) in [6.07, 6.45) is 0. The van der Waals surface area contributed by atoms with Gasteiger partial charge < -0.3 is 15.6 Å². The number of ether oxygens (including phenoxy) is 1. The molecule has 6 nitrogen and oxygen atoms in total. The number of rotatable bonds is 3. The van der Waals surface area contributed by atoms with Crippen LogP contribution >= 0.6 is 0 Å². The Morgan fingerprint density at radius 1 is 1.83 bits per heavy atom. The van der Waals surface area contributed by atoms with Gasteiger partial charge in [-0.2, -0.15) is 5.10 Å². The highest BCUT2D eigenvalue weighted by atomic mass is 16.5. The summed E-state index contributed by atoms with van der Waals surface area (Å²) < 4.78 is 4.97. The average Bonchev–Trinajstić information content (AvgIpc) is 2.34. The van der Waals surface area contributed by atoms with Crippen molar-refractivity contribution in [2.45, 2.75) is 6.92 Å². The molecule has 1 aromatic heterocycles. The molecule has 0 radical (unpaired) electrons. The maximum Gasteiger partial charge on any atom is 0.357 e. The fourth-order valence-corrected chi connectivity index (χ4v) is 0.781. The zero-order valence-corrected chi connectivity index (χ0v) is 6.50. The van der Waals surface area contributed by atoms with Gasteiger partial charge in [0.1, 0.15) is 0 Å². The van der Waals surface area contributed by atoms with E-state index in [9.17, 15) is 4.79 Å². The first kappa shape index (κ1) is 8.38. The van der Waals surface area contributed by atoms with Gasteiger partial charge in [-0.05, 0) is 6.92 Å². The van der Waals surface area contributed by atoms with Crippen LogP contribution in [0.15, 0.2) is 0 Å². The number of nitrogens with zero attached hydrogens (tertiary/aromatic N) is 1. The molecule has 0 aliphatic carbocycles. The Morgan fingerprint density at radius 3 is 3.00 bits per heavy atom. The van der Waals surface area contributed by atoms with Gasteiger partial charge in [0.15, 0.2) is 17.3 Å². The molecule has 6 heteroatoms. The molecule has 0 unspecified atom stereocenters. The summed E-state index contributed by atoms with van der Waals surface area (Å²) >= 11 is 0. The summed E-state index contributed by atoms with van der Waals surface area (Å²) in [7, 11) is 0. The van der Waals surface area contributed by atoms with Gasteiger partial charge in [-0.1, -0.05) is 0 Å². The third kappa shape index (κ3) is 1.31. The minimum absolute atomic E-state index is 0.0641. The third-order valence-corrected chi connectivity index (χ3v) is 1.25. The molecule has 0 atom stereocenters. The second kappa shape index (κ2) is 3.12. The van der Waals surface area contributed by atoms with Crippen LogP contribution in [0.4, 0.5) is 5.82 Å². The Bertz CT molecular complexity index is 294. The maximum atomic E-state index is 10.5. The Hall–Kier alpha value is -1.72. The van der Waals surface area contributed by atoms with Gasteiger partial charge in [0, 0.05) is 0 Å². The van der Waals surface area contributed by atoms with Crippen molar-refractivity contribution in [2.24, 2.45) is 0 Å². The summed E-state index contributed by atoms with van der Waals surface area (Å²) in [5, 5.41) is 14.4. The number of hydrogen-bond acceptors (Lipinski definition) is 4. The van der Waals surface area contributed by atoms with Crippen LogP contribution < -0.4 is 10.5 Å². The van der Waals surface area contributed by atoms with Crippen molar-refractivity contribution in [3.8, 4) is 5.75 Å². The molecule has 0 aromatic carbocycles. The van der Waals surface area contributed by atoms with Gasteiger partial charge in [-0.15, -0.1) is 0 Å². The largest absolute Gasteiger partial charge is 0.488 e. The van der Waals surface area contributed by atoms with Gasteiger partial charge in [0.25, 0.3) is 0 Å². The van der Waals surface area contributed by atoms with Crippen LogP contribution in [0.3, 0.4) is 0 Å². The van der Waals surface area contributed by atoms with E-state index in [0.717, 1.165) is 0 Å². The number of anilines is 1. The minimum atomic E-state index is -1.14. The summed E-state index contributed by atoms with van der Waals surface area (Å²) in [5.41, 5.74) is 5.22. The Morgan fingerprint density at radius 2 is 2.50 bits per heavy atom. The summed E-state index contributed by atoms with van der Waals surface area (Å²) in [4.78, 5) is 10.5. The molecule has 0 aliphatic rings. The maximum absolute atomic E-state index is 10.5. The molecule has 1 heterocycles. The van der Waals surface area contributed by atoms with Gasteiger partial charge >= 0.3 is 5.97 Å². The Labute approximate surface area is 68.3 Å². The molecule has 0 aliphatic heterocycles. The number of nitrogens with one attached hydrogen (secondary N) is 1. The zero-order valence-electron chi connectivity index (χ0n) is 6.50. The van der Waals surface area contributed by atoms with E-state index in [-0.39, 0.29) is 17.3 Å². The number of carboxylic acid groups (broad SMARTS) is 1. The van der Waals surface area contributed by atoms with Crippen molar-refractivity contribution < 1.29 is 14.6 Å². The molecule has 1 rings (SSSR count). The van der Waals surface area contributed by atoms with Crippen LogP contribution in [0.5, 0.6) is 5.75 Å². The fourth-order valence-electron chi connectivity index (χ4n) is 0.781. The highest BCUT2D eigenvalue weighted by Gasteiger charge is 2.17. The summed E-state index contributed by atoms with van der Waals surface area (Å²) in [6.45, 7) is 2.09. The van der Waals surface area contributed by atoms with Crippen LogP contribution in [-0.2, 0) is 0 Å². The van der Waals surface area contributed by atoms with Crippen molar-refractivity contribution in [1.29, 1.82) is 0 Å². The first-order chi connectivity index (χ1) is 5.66. The molecule has 66 valence electrons. The highest BCUT2D eigenvalue weighted by Crippen LogP contribution is 2.22. The average molecular weight is 171 g/mol. The van der Waals surface area contributed by atoms with Crippen LogP contribution in [0.25, 0.3) is 0 Å². The number of aromatic nitrogens is 2. The van der Waals surface area contributed by atoms with Crippen LogP contribution in [-0.4, -0.2) is 27.9 Å². The van der Waals surface area contributed by atoms with Gasteiger partial charge in [0.2, 0.25) is 0 Å². The molecule has 1 aromatic rings.